The molecule has 8 nitrogen and oxygen atoms in total. The van der Waals surface area contributed by atoms with E-state index in [0.717, 1.165) is 0 Å². The highest BCUT2D eigenvalue weighted by Crippen LogP contribution is 2.45. The van der Waals surface area contributed by atoms with Crippen molar-refractivity contribution < 1.29 is 27.9 Å². The van der Waals surface area contributed by atoms with Crippen LogP contribution in [0.15, 0.2) is 42.6 Å². The van der Waals surface area contributed by atoms with Gasteiger partial charge in [-0.25, -0.2) is 4.39 Å². The second-order valence-corrected chi connectivity index (χ2v) is 12.7. The molecule has 2 aromatic carbocycles. The molecule has 3 aromatic rings. The Hall–Kier alpha value is -3.00. The highest BCUT2D eigenvalue weighted by Gasteiger charge is 2.34. The summed E-state index contributed by atoms with van der Waals surface area (Å²) < 4.78 is 34.9. The average Bonchev–Trinajstić information content (AvgIpc) is 3.55. The Kier molecular flexibility index (Phi) is 8.94. The molecule has 1 N–H and O–H groups in total. The van der Waals surface area contributed by atoms with Gasteiger partial charge in [0, 0.05) is 47.3 Å². The van der Waals surface area contributed by atoms with Crippen molar-refractivity contribution in [2.75, 3.05) is 19.3 Å². The number of nitrogens with one attached hydrogen (secondary N) is 1. The van der Waals surface area contributed by atoms with E-state index in [9.17, 15) is 23.3 Å². The van der Waals surface area contributed by atoms with Gasteiger partial charge < -0.3 is 19.3 Å². The van der Waals surface area contributed by atoms with E-state index in [0.29, 0.717) is 53.9 Å². The van der Waals surface area contributed by atoms with Crippen LogP contribution in [0.4, 0.5) is 4.39 Å². The zero-order valence-corrected chi connectivity index (χ0v) is 23.9. The first kappa shape index (κ1) is 29.0. The Balaban J connectivity index is 1.57. The van der Waals surface area contributed by atoms with E-state index in [-0.39, 0.29) is 41.3 Å². The number of halogens is 2. The number of aromatic nitrogens is 1. The van der Waals surface area contributed by atoms with Crippen LogP contribution in [0.2, 0.25) is 5.02 Å². The number of carbonyl (C=O) groups excluding carboxylic acids is 3. The number of ketones is 1. The molecule has 0 aliphatic carbocycles. The van der Waals surface area contributed by atoms with Gasteiger partial charge in [-0.15, -0.1) is 0 Å². The second kappa shape index (κ2) is 12.0. The van der Waals surface area contributed by atoms with E-state index in [1.54, 1.807) is 54.9 Å². The molecular weight excluding hydrogens is 544 g/mol. The van der Waals surface area contributed by atoms with Gasteiger partial charge in [0.05, 0.1) is 17.1 Å². The largest absolute Gasteiger partial charge is 0.350 e. The van der Waals surface area contributed by atoms with E-state index in [4.69, 9.17) is 16.1 Å². The van der Waals surface area contributed by atoms with Crippen molar-refractivity contribution in [2.24, 2.45) is 0 Å². The highest BCUT2D eigenvalue weighted by molar-refractivity contribution is 7.67. The third-order valence-electron chi connectivity index (χ3n) is 7.06. The first-order chi connectivity index (χ1) is 18.6. The molecule has 0 spiro atoms. The number of fused-ring (bicyclic) bond motifs is 1. The smallest absolute Gasteiger partial charge is 0.243 e. The molecule has 0 bridgehead atoms. The van der Waals surface area contributed by atoms with Crippen LogP contribution in [-0.2, 0) is 31.8 Å². The van der Waals surface area contributed by atoms with Crippen molar-refractivity contribution in [3.8, 4) is 0 Å². The molecule has 0 radical (unpaired) electrons. The van der Waals surface area contributed by atoms with Crippen LogP contribution in [0.25, 0.3) is 10.9 Å². The molecule has 1 aliphatic heterocycles. The Labute approximate surface area is 231 Å². The average molecular weight is 576 g/mol. The van der Waals surface area contributed by atoms with E-state index in [2.05, 4.69) is 5.32 Å². The lowest BCUT2D eigenvalue weighted by molar-refractivity contribution is -0.138. The molecule has 1 saturated heterocycles. The van der Waals surface area contributed by atoms with Crippen LogP contribution in [0, 0.1) is 5.82 Å². The van der Waals surface area contributed by atoms with Gasteiger partial charge in [0.1, 0.15) is 18.4 Å². The number of likely N-dealkylation sites (tertiary alicyclic amines) is 1. The van der Waals surface area contributed by atoms with Crippen molar-refractivity contribution in [3.63, 3.8) is 0 Å². The van der Waals surface area contributed by atoms with Gasteiger partial charge in [0.15, 0.2) is 5.78 Å². The quantitative estimate of drug-likeness (QED) is 0.274. The summed E-state index contributed by atoms with van der Waals surface area (Å²) >= 11 is 5.83. The molecule has 2 atom stereocenters. The van der Waals surface area contributed by atoms with Crippen molar-refractivity contribution in [1.29, 1.82) is 0 Å². The van der Waals surface area contributed by atoms with Gasteiger partial charge in [-0.05, 0) is 44.9 Å². The van der Waals surface area contributed by atoms with Crippen molar-refractivity contribution in [1.82, 2.24) is 14.8 Å². The molecule has 4 rings (SSSR count). The summed E-state index contributed by atoms with van der Waals surface area (Å²) in [4.78, 5) is 40.3. The second-order valence-electron chi connectivity index (χ2n) is 9.51. The number of hydrogen-bond donors (Lipinski definition) is 1. The van der Waals surface area contributed by atoms with Crippen LogP contribution >= 0.6 is 19.0 Å². The maximum atomic E-state index is 14.2. The zero-order valence-electron chi connectivity index (χ0n) is 22.2. The molecule has 1 aliphatic rings. The normalized spacial score (nSPS) is 16.8. The van der Waals surface area contributed by atoms with Crippen LogP contribution in [0.5, 0.6) is 0 Å². The molecule has 0 saturated carbocycles. The first-order valence-electron chi connectivity index (χ1n) is 13.0. The van der Waals surface area contributed by atoms with Crippen LogP contribution in [0.3, 0.4) is 0 Å². The summed E-state index contributed by atoms with van der Waals surface area (Å²) in [6.07, 6.45) is 3.08. The molecule has 39 heavy (non-hydrogen) atoms. The standard InChI is InChI=1S/C28H32ClFN3O5P/c1-4-38-39(37,5-2)20-11-12-21-22(18(3)34)16-32(25(21)14-20)17-26(35)33-13-7-10-24(33)28(36)31-15-19-8-6-9-23(29)27(19)30/h6,8-9,11-12,14,16,24H,4-5,7,10,13,15,17H2,1-3H3,(H,31,36)/t24-,39?/m0/s1. The number of carbonyl (C=O) groups is 3. The highest BCUT2D eigenvalue weighted by atomic mass is 35.5. The van der Waals surface area contributed by atoms with Crippen molar-refractivity contribution in [2.45, 2.75) is 52.7 Å². The maximum absolute atomic E-state index is 14.2. The molecule has 2 amide bonds. The molecule has 1 aromatic heterocycles. The molecule has 2 heterocycles. The third kappa shape index (κ3) is 5.96. The van der Waals surface area contributed by atoms with Gasteiger partial charge in [-0.1, -0.05) is 36.7 Å². The lowest BCUT2D eigenvalue weighted by Gasteiger charge is -2.24. The van der Waals surface area contributed by atoms with Gasteiger partial charge in [0.2, 0.25) is 19.2 Å². The predicted molar refractivity (Wildman–Crippen MR) is 149 cm³/mol. The summed E-state index contributed by atoms with van der Waals surface area (Å²) in [7, 11) is -3.09. The van der Waals surface area contributed by atoms with Crippen LogP contribution < -0.4 is 10.6 Å². The van der Waals surface area contributed by atoms with Gasteiger partial charge in [-0.2, -0.15) is 0 Å². The minimum absolute atomic E-state index is 0.0250. The fourth-order valence-corrected chi connectivity index (χ4v) is 6.95. The first-order valence-corrected chi connectivity index (χ1v) is 15.2. The third-order valence-corrected chi connectivity index (χ3v) is 9.92. The van der Waals surface area contributed by atoms with Crippen molar-refractivity contribution >= 4 is 52.8 Å². The Morgan fingerprint density at radius 3 is 2.67 bits per heavy atom. The van der Waals surface area contributed by atoms with Gasteiger partial charge in [0.25, 0.3) is 0 Å². The lowest BCUT2D eigenvalue weighted by Crippen LogP contribution is -2.46. The number of hydrogen-bond acceptors (Lipinski definition) is 5. The fraction of sp³-hybridized carbons (Fsp3) is 0.393. The zero-order chi connectivity index (χ0) is 28.3. The fourth-order valence-electron chi connectivity index (χ4n) is 5.02. The van der Waals surface area contributed by atoms with Crippen LogP contribution in [-0.4, -0.2) is 52.4 Å². The predicted octanol–water partition coefficient (Wildman–Crippen LogP) is 4.90. The SMILES string of the molecule is CCOP(=O)(CC)c1ccc2c(C(C)=O)cn(CC(=O)N3CCC[C@H]3C(=O)NCc3cccc(Cl)c3F)c2c1. The summed E-state index contributed by atoms with van der Waals surface area (Å²) in [6, 6.07) is 9.07. The number of benzene rings is 2. The summed E-state index contributed by atoms with van der Waals surface area (Å²) in [5, 5.41) is 3.87. The molecule has 208 valence electrons. The topological polar surface area (TPSA) is 97.7 Å². The maximum Gasteiger partial charge on any atom is 0.243 e. The number of Topliss-reactive ketones (excluding diaryl/α,β-unsaturated/α-hetero) is 1. The Bertz CT molecular complexity index is 1470. The minimum atomic E-state index is -3.09. The number of nitrogens with zero attached hydrogens (tertiary/aromatic N) is 2. The number of amides is 2. The summed E-state index contributed by atoms with van der Waals surface area (Å²) in [5.41, 5.74) is 1.30. The lowest BCUT2D eigenvalue weighted by atomic mass is 10.1. The number of rotatable bonds is 10. The van der Waals surface area contributed by atoms with Gasteiger partial charge >= 0.3 is 0 Å². The van der Waals surface area contributed by atoms with Gasteiger partial charge in [-0.3, -0.25) is 18.9 Å². The van der Waals surface area contributed by atoms with E-state index >= 15 is 0 Å². The molecule has 11 heteroatoms. The monoisotopic (exact) mass is 575 g/mol. The van der Waals surface area contributed by atoms with E-state index < -0.39 is 19.2 Å². The minimum Gasteiger partial charge on any atom is -0.350 e. The molecule has 1 unspecified atom stereocenters. The summed E-state index contributed by atoms with van der Waals surface area (Å²) in [6.45, 7) is 5.58. The van der Waals surface area contributed by atoms with Crippen molar-refractivity contribution in [3.05, 3.63) is 64.6 Å². The summed E-state index contributed by atoms with van der Waals surface area (Å²) in [5.74, 6) is -1.41. The molecular formula is C28H32ClFN3O5P. The van der Waals surface area contributed by atoms with E-state index in [1.807, 2.05) is 0 Å². The Morgan fingerprint density at radius 2 is 1.97 bits per heavy atom. The van der Waals surface area contributed by atoms with Crippen LogP contribution in [0.1, 0.15) is 49.5 Å². The van der Waals surface area contributed by atoms with E-state index in [1.165, 1.54) is 17.9 Å². The Morgan fingerprint density at radius 1 is 1.21 bits per heavy atom. The molecule has 1 fully saturated rings.